The smallest absolute Gasteiger partial charge is 0.317 e. The average molecular weight is 339 g/mol. The minimum Gasteiger partial charge on any atom is -0.338 e. The Bertz CT molecular complexity index is 714. The molecule has 1 aliphatic heterocycles. The Labute approximate surface area is 148 Å². The topological polar surface area (TPSA) is 65.2 Å². The zero-order valence-corrected chi connectivity index (χ0v) is 14.4. The summed E-state index contributed by atoms with van der Waals surface area (Å²) in [6.07, 6.45) is 5.62. The van der Waals surface area contributed by atoms with Gasteiger partial charge in [0.2, 0.25) is 5.56 Å². The van der Waals surface area contributed by atoms with E-state index in [1.165, 1.54) is 5.56 Å². The van der Waals surface area contributed by atoms with Crippen LogP contribution < -0.4 is 10.9 Å². The third-order valence-corrected chi connectivity index (χ3v) is 4.81. The van der Waals surface area contributed by atoms with Crippen LogP contribution in [0.25, 0.3) is 0 Å². The Morgan fingerprint density at radius 3 is 2.52 bits per heavy atom. The molecular weight excluding hydrogens is 314 g/mol. The standard InChI is InChI=1S/C20H25N3O2/c24-19-7-6-18(15-22-19)14-17-9-12-23(13-10-17)20(25)21-11-8-16-4-2-1-3-5-16/h1-7,15,17H,8-14H2,(H,21,25)(H,22,24). The molecule has 2 N–H and O–H groups in total. The number of likely N-dealkylation sites (tertiary alicyclic amines) is 1. The van der Waals surface area contributed by atoms with Gasteiger partial charge >= 0.3 is 6.03 Å². The van der Waals surface area contributed by atoms with Crippen molar-refractivity contribution in [3.8, 4) is 0 Å². The number of amides is 2. The van der Waals surface area contributed by atoms with Gasteiger partial charge in [0.15, 0.2) is 0 Å². The Morgan fingerprint density at radius 2 is 1.84 bits per heavy atom. The number of piperidine rings is 1. The lowest BCUT2D eigenvalue weighted by atomic mass is 9.91. The minimum atomic E-state index is -0.0641. The van der Waals surface area contributed by atoms with Crippen LogP contribution in [0.3, 0.4) is 0 Å². The van der Waals surface area contributed by atoms with E-state index in [0.717, 1.165) is 44.3 Å². The molecule has 2 aromatic rings. The van der Waals surface area contributed by atoms with Crippen LogP contribution in [-0.2, 0) is 12.8 Å². The van der Waals surface area contributed by atoms with Crippen molar-refractivity contribution in [3.63, 3.8) is 0 Å². The van der Waals surface area contributed by atoms with Crippen molar-refractivity contribution >= 4 is 6.03 Å². The molecule has 2 heterocycles. The van der Waals surface area contributed by atoms with Crippen LogP contribution in [0.4, 0.5) is 4.79 Å². The molecule has 1 aliphatic rings. The molecule has 3 rings (SSSR count). The van der Waals surface area contributed by atoms with E-state index >= 15 is 0 Å². The fraction of sp³-hybridized carbons (Fsp3) is 0.400. The molecular formula is C20H25N3O2. The number of hydrogen-bond donors (Lipinski definition) is 2. The van der Waals surface area contributed by atoms with Gasteiger partial charge in [-0.15, -0.1) is 0 Å². The van der Waals surface area contributed by atoms with Crippen LogP contribution >= 0.6 is 0 Å². The summed E-state index contributed by atoms with van der Waals surface area (Å²) in [6.45, 7) is 2.26. The first kappa shape index (κ1) is 17.3. The van der Waals surface area contributed by atoms with Crippen LogP contribution in [0.15, 0.2) is 53.5 Å². The van der Waals surface area contributed by atoms with E-state index in [-0.39, 0.29) is 11.6 Å². The number of nitrogens with one attached hydrogen (secondary N) is 2. The molecule has 132 valence electrons. The van der Waals surface area contributed by atoms with Crippen LogP contribution in [0, 0.1) is 5.92 Å². The Hall–Kier alpha value is -2.56. The summed E-state index contributed by atoms with van der Waals surface area (Å²) in [5.74, 6) is 0.569. The molecule has 2 amide bonds. The van der Waals surface area contributed by atoms with E-state index in [1.807, 2.05) is 29.2 Å². The maximum absolute atomic E-state index is 12.3. The van der Waals surface area contributed by atoms with Gasteiger partial charge in [-0.2, -0.15) is 0 Å². The Kier molecular flexibility index (Phi) is 5.88. The number of rotatable bonds is 5. The SMILES string of the molecule is O=C(NCCc1ccccc1)N1CCC(Cc2ccc(=O)[nH]c2)CC1. The van der Waals surface area contributed by atoms with Gasteiger partial charge in [-0.3, -0.25) is 4.79 Å². The molecule has 25 heavy (non-hydrogen) atoms. The number of carbonyl (C=O) groups is 1. The highest BCUT2D eigenvalue weighted by molar-refractivity contribution is 5.74. The number of urea groups is 1. The van der Waals surface area contributed by atoms with Gasteiger partial charge in [0.1, 0.15) is 0 Å². The monoisotopic (exact) mass is 339 g/mol. The van der Waals surface area contributed by atoms with E-state index in [9.17, 15) is 9.59 Å². The molecule has 0 saturated carbocycles. The molecule has 5 nitrogen and oxygen atoms in total. The summed E-state index contributed by atoms with van der Waals surface area (Å²) in [5, 5.41) is 3.02. The summed E-state index contributed by atoms with van der Waals surface area (Å²) >= 11 is 0. The summed E-state index contributed by atoms with van der Waals surface area (Å²) < 4.78 is 0. The fourth-order valence-electron chi connectivity index (χ4n) is 3.31. The van der Waals surface area contributed by atoms with Crippen molar-refractivity contribution < 1.29 is 4.79 Å². The van der Waals surface area contributed by atoms with Gasteiger partial charge in [-0.05, 0) is 42.7 Å². The second kappa shape index (κ2) is 8.51. The number of aromatic amines is 1. The summed E-state index contributed by atoms with van der Waals surface area (Å²) in [5.41, 5.74) is 2.33. The highest BCUT2D eigenvalue weighted by Crippen LogP contribution is 2.21. The molecule has 0 aliphatic carbocycles. The largest absolute Gasteiger partial charge is 0.338 e. The van der Waals surface area contributed by atoms with Crippen molar-refractivity contribution in [1.29, 1.82) is 0 Å². The first-order valence-electron chi connectivity index (χ1n) is 8.95. The highest BCUT2D eigenvalue weighted by atomic mass is 16.2. The Balaban J connectivity index is 1.38. The zero-order chi connectivity index (χ0) is 17.5. The third kappa shape index (κ3) is 5.21. The first-order chi connectivity index (χ1) is 12.2. The highest BCUT2D eigenvalue weighted by Gasteiger charge is 2.22. The predicted molar refractivity (Wildman–Crippen MR) is 98.6 cm³/mol. The molecule has 0 spiro atoms. The number of pyridine rings is 1. The fourth-order valence-corrected chi connectivity index (χ4v) is 3.31. The number of carbonyl (C=O) groups excluding carboxylic acids is 1. The lowest BCUT2D eigenvalue weighted by molar-refractivity contribution is 0.170. The zero-order valence-electron chi connectivity index (χ0n) is 14.4. The van der Waals surface area contributed by atoms with Crippen molar-refractivity contribution in [2.45, 2.75) is 25.7 Å². The summed E-state index contributed by atoms with van der Waals surface area (Å²) in [4.78, 5) is 28.0. The Morgan fingerprint density at radius 1 is 1.08 bits per heavy atom. The molecule has 1 aromatic carbocycles. The molecule has 1 aromatic heterocycles. The second-order valence-corrected chi connectivity index (χ2v) is 6.66. The predicted octanol–water partition coefficient (Wildman–Crippen LogP) is 2.58. The lowest BCUT2D eigenvalue weighted by Crippen LogP contribution is -2.45. The van der Waals surface area contributed by atoms with Crippen molar-refractivity contribution in [3.05, 3.63) is 70.1 Å². The van der Waals surface area contributed by atoms with Crippen LogP contribution in [0.2, 0.25) is 0 Å². The summed E-state index contributed by atoms with van der Waals surface area (Å²) in [6, 6.07) is 13.7. The minimum absolute atomic E-state index is 0.0402. The maximum atomic E-state index is 12.3. The lowest BCUT2D eigenvalue weighted by Gasteiger charge is -2.32. The van der Waals surface area contributed by atoms with Gasteiger partial charge in [0, 0.05) is 31.9 Å². The van der Waals surface area contributed by atoms with E-state index in [0.29, 0.717) is 12.5 Å². The third-order valence-electron chi connectivity index (χ3n) is 4.81. The van der Waals surface area contributed by atoms with Gasteiger partial charge in [-0.25, -0.2) is 4.79 Å². The number of aromatic nitrogens is 1. The average Bonchev–Trinajstić information content (AvgIpc) is 2.65. The molecule has 0 atom stereocenters. The molecule has 0 unspecified atom stereocenters. The summed E-state index contributed by atoms with van der Waals surface area (Å²) in [7, 11) is 0. The van der Waals surface area contributed by atoms with E-state index in [1.54, 1.807) is 12.3 Å². The van der Waals surface area contributed by atoms with Crippen LogP contribution in [0.5, 0.6) is 0 Å². The maximum Gasteiger partial charge on any atom is 0.317 e. The van der Waals surface area contributed by atoms with Gasteiger partial charge in [0.05, 0.1) is 0 Å². The van der Waals surface area contributed by atoms with Crippen molar-refractivity contribution in [1.82, 2.24) is 15.2 Å². The van der Waals surface area contributed by atoms with Crippen molar-refractivity contribution in [2.24, 2.45) is 5.92 Å². The van der Waals surface area contributed by atoms with Crippen molar-refractivity contribution in [2.75, 3.05) is 19.6 Å². The number of nitrogens with zero attached hydrogens (tertiary/aromatic N) is 1. The first-order valence-corrected chi connectivity index (χ1v) is 8.95. The molecule has 1 saturated heterocycles. The number of hydrogen-bond acceptors (Lipinski definition) is 2. The quantitative estimate of drug-likeness (QED) is 0.879. The van der Waals surface area contributed by atoms with Crippen LogP contribution in [-0.4, -0.2) is 35.5 Å². The van der Waals surface area contributed by atoms with E-state index in [4.69, 9.17) is 0 Å². The molecule has 0 bridgehead atoms. The van der Waals surface area contributed by atoms with Gasteiger partial charge in [-0.1, -0.05) is 36.4 Å². The van der Waals surface area contributed by atoms with E-state index in [2.05, 4.69) is 22.4 Å². The number of benzene rings is 1. The van der Waals surface area contributed by atoms with Gasteiger partial charge in [0.25, 0.3) is 0 Å². The van der Waals surface area contributed by atoms with Gasteiger partial charge < -0.3 is 15.2 Å². The van der Waals surface area contributed by atoms with Crippen LogP contribution in [0.1, 0.15) is 24.0 Å². The molecule has 5 heteroatoms. The normalized spacial score (nSPS) is 15.1. The van der Waals surface area contributed by atoms with E-state index < -0.39 is 0 Å². The molecule has 1 fully saturated rings. The molecule has 0 radical (unpaired) electrons. The number of H-pyrrole nitrogens is 1. The second-order valence-electron chi connectivity index (χ2n) is 6.66.